The van der Waals surface area contributed by atoms with E-state index in [0.29, 0.717) is 12.6 Å². The zero-order valence-electron chi connectivity index (χ0n) is 13.5. The van der Waals surface area contributed by atoms with Gasteiger partial charge in [0.2, 0.25) is 0 Å². The van der Waals surface area contributed by atoms with E-state index in [1.807, 2.05) is 6.92 Å². The lowest BCUT2D eigenvalue weighted by Crippen LogP contribution is -2.44. The summed E-state index contributed by atoms with van der Waals surface area (Å²) in [5, 5.41) is 10.1. The summed E-state index contributed by atoms with van der Waals surface area (Å²) in [4.78, 5) is 4.98. The van der Waals surface area contributed by atoms with Crippen molar-refractivity contribution in [1.29, 1.82) is 0 Å². The molecule has 122 valence electrons. The van der Waals surface area contributed by atoms with Gasteiger partial charge in [-0.05, 0) is 38.4 Å². The number of piperidine rings is 1. The van der Waals surface area contributed by atoms with Crippen molar-refractivity contribution in [3.05, 3.63) is 35.9 Å². The van der Waals surface area contributed by atoms with E-state index in [0.717, 1.165) is 32.7 Å². The molecule has 3 rings (SSSR count). The molecular weight excluding hydrogens is 276 g/mol. The third-order valence-electron chi connectivity index (χ3n) is 4.97. The molecule has 2 aliphatic heterocycles. The van der Waals surface area contributed by atoms with E-state index >= 15 is 0 Å². The maximum atomic E-state index is 10.1. The summed E-state index contributed by atoms with van der Waals surface area (Å²) in [6.07, 6.45) is 2.08. The Morgan fingerprint density at radius 3 is 2.55 bits per heavy atom. The van der Waals surface area contributed by atoms with Gasteiger partial charge in [-0.15, -0.1) is 0 Å². The van der Waals surface area contributed by atoms with Crippen molar-refractivity contribution < 1.29 is 9.84 Å². The summed E-state index contributed by atoms with van der Waals surface area (Å²) < 4.78 is 5.63. The normalized spacial score (nSPS) is 28.3. The van der Waals surface area contributed by atoms with Crippen molar-refractivity contribution in [3.63, 3.8) is 0 Å². The molecular formula is C18H28N2O2. The highest BCUT2D eigenvalue weighted by molar-refractivity contribution is 5.14. The topological polar surface area (TPSA) is 35.9 Å². The van der Waals surface area contributed by atoms with Crippen molar-refractivity contribution in [2.45, 2.75) is 44.6 Å². The molecule has 2 heterocycles. The predicted octanol–water partition coefficient (Wildman–Crippen LogP) is 1.73. The van der Waals surface area contributed by atoms with E-state index in [2.05, 4.69) is 40.1 Å². The summed E-state index contributed by atoms with van der Waals surface area (Å²) >= 11 is 0. The molecule has 0 saturated carbocycles. The van der Waals surface area contributed by atoms with E-state index < -0.39 is 0 Å². The molecule has 2 atom stereocenters. The van der Waals surface area contributed by atoms with E-state index in [1.54, 1.807) is 0 Å². The Hall–Kier alpha value is -0.940. The third-order valence-corrected chi connectivity index (χ3v) is 4.97. The summed E-state index contributed by atoms with van der Waals surface area (Å²) in [5.41, 5.74) is 1.40. The average molecular weight is 304 g/mol. The fourth-order valence-electron chi connectivity index (χ4n) is 3.75. The zero-order valence-corrected chi connectivity index (χ0v) is 13.5. The summed E-state index contributed by atoms with van der Waals surface area (Å²) in [5.74, 6) is 0. The molecule has 1 aromatic carbocycles. The molecule has 0 aliphatic carbocycles. The number of β-amino-alcohol motifs (C(OH)–C–C–N with tert-alkyl or cyclic N) is 1. The number of benzene rings is 1. The van der Waals surface area contributed by atoms with Crippen LogP contribution in [-0.2, 0) is 11.3 Å². The molecule has 0 amide bonds. The van der Waals surface area contributed by atoms with Crippen LogP contribution in [0.4, 0.5) is 0 Å². The molecule has 2 saturated heterocycles. The molecule has 0 aromatic heterocycles. The zero-order chi connectivity index (χ0) is 15.4. The number of likely N-dealkylation sites (tertiary alicyclic amines) is 2. The van der Waals surface area contributed by atoms with Crippen LogP contribution in [0.5, 0.6) is 0 Å². The molecule has 4 nitrogen and oxygen atoms in total. The molecule has 22 heavy (non-hydrogen) atoms. The lowest BCUT2D eigenvalue weighted by atomic mass is 10.0. The molecule has 0 radical (unpaired) electrons. The number of aliphatic hydroxyl groups excluding tert-OH is 1. The summed E-state index contributed by atoms with van der Waals surface area (Å²) in [7, 11) is 0. The molecule has 0 unspecified atom stereocenters. The molecule has 2 fully saturated rings. The maximum Gasteiger partial charge on any atom is 0.0972 e. The van der Waals surface area contributed by atoms with E-state index in [9.17, 15) is 5.11 Å². The van der Waals surface area contributed by atoms with Crippen LogP contribution >= 0.6 is 0 Å². The van der Waals surface area contributed by atoms with Gasteiger partial charge in [0.1, 0.15) is 0 Å². The minimum absolute atomic E-state index is 0.00680. The van der Waals surface area contributed by atoms with Gasteiger partial charge < -0.3 is 9.84 Å². The largest absolute Gasteiger partial charge is 0.389 e. The first-order valence-corrected chi connectivity index (χ1v) is 8.56. The van der Waals surface area contributed by atoms with Gasteiger partial charge in [-0.3, -0.25) is 9.80 Å². The fraction of sp³-hybridized carbons (Fsp3) is 0.667. The molecule has 2 aliphatic rings. The van der Waals surface area contributed by atoms with Crippen LogP contribution < -0.4 is 0 Å². The van der Waals surface area contributed by atoms with Gasteiger partial charge in [-0.1, -0.05) is 30.3 Å². The molecule has 1 aromatic rings. The number of rotatable bonds is 5. The molecule has 1 N–H and O–H groups in total. The Kier molecular flexibility index (Phi) is 5.47. The Bertz CT molecular complexity index is 446. The maximum absolute atomic E-state index is 10.1. The summed E-state index contributed by atoms with van der Waals surface area (Å²) in [6.45, 7) is 7.68. The van der Waals surface area contributed by atoms with Crippen LogP contribution in [0.2, 0.25) is 0 Å². The second-order valence-electron chi connectivity index (χ2n) is 6.51. The number of hydrogen-bond donors (Lipinski definition) is 1. The van der Waals surface area contributed by atoms with E-state index in [-0.39, 0.29) is 12.2 Å². The predicted molar refractivity (Wildman–Crippen MR) is 87.7 cm³/mol. The van der Waals surface area contributed by atoms with Gasteiger partial charge in [0.25, 0.3) is 0 Å². The summed E-state index contributed by atoms with van der Waals surface area (Å²) in [6, 6.07) is 11.3. The highest BCUT2D eigenvalue weighted by atomic mass is 16.5. The average Bonchev–Trinajstić information content (AvgIpc) is 2.91. The Labute approximate surface area is 133 Å². The van der Waals surface area contributed by atoms with Crippen LogP contribution in [0.3, 0.4) is 0 Å². The van der Waals surface area contributed by atoms with Crippen LogP contribution in [0.15, 0.2) is 30.3 Å². The van der Waals surface area contributed by atoms with Crippen molar-refractivity contribution in [3.8, 4) is 0 Å². The van der Waals surface area contributed by atoms with E-state index in [4.69, 9.17) is 4.74 Å². The third kappa shape index (κ3) is 3.87. The molecule has 0 spiro atoms. The SMILES string of the molecule is CCO[C@H]1CN(C2CCN(Cc3ccccc3)CC2)C[C@@H]1O. The first-order valence-electron chi connectivity index (χ1n) is 8.56. The highest BCUT2D eigenvalue weighted by Gasteiger charge is 2.36. The van der Waals surface area contributed by atoms with Crippen molar-refractivity contribution in [2.75, 3.05) is 32.8 Å². The minimum atomic E-state index is -0.317. The highest BCUT2D eigenvalue weighted by Crippen LogP contribution is 2.23. The Balaban J connectivity index is 1.46. The Morgan fingerprint density at radius 1 is 1.14 bits per heavy atom. The van der Waals surface area contributed by atoms with Gasteiger partial charge >= 0.3 is 0 Å². The first-order chi connectivity index (χ1) is 10.8. The quantitative estimate of drug-likeness (QED) is 0.899. The first kappa shape index (κ1) is 15.9. The number of aliphatic hydroxyl groups is 1. The van der Waals surface area contributed by atoms with Gasteiger partial charge in [-0.25, -0.2) is 0 Å². The van der Waals surface area contributed by atoms with Gasteiger partial charge in [0.05, 0.1) is 12.2 Å². The number of ether oxygens (including phenoxy) is 1. The van der Waals surface area contributed by atoms with Gasteiger partial charge in [0.15, 0.2) is 0 Å². The van der Waals surface area contributed by atoms with E-state index in [1.165, 1.54) is 18.4 Å². The van der Waals surface area contributed by atoms with Gasteiger partial charge in [-0.2, -0.15) is 0 Å². The molecule has 0 bridgehead atoms. The fourth-order valence-corrected chi connectivity index (χ4v) is 3.75. The molecule has 4 heteroatoms. The lowest BCUT2D eigenvalue weighted by Gasteiger charge is -2.36. The second-order valence-corrected chi connectivity index (χ2v) is 6.51. The monoisotopic (exact) mass is 304 g/mol. The van der Waals surface area contributed by atoms with Crippen LogP contribution in [0, 0.1) is 0 Å². The van der Waals surface area contributed by atoms with Crippen LogP contribution in [0.1, 0.15) is 25.3 Å². The standard InChI is InChI=1S/C18H28N2O2/c1-2-22-18-14-20(13-17(18)21)16-8-10-19(11-9-16)12-15-6-4-3-5-7-15/h3-7,16-18,21H,2,8-14H2,1H3/t17-,18-/m0/s1. The number of hydrogen-bond acceptors (Lipinski definition) is 4. The van der Waals surface area contributed by atoms with Crippen LogP contribution in [0.25, 0.3) is 0 Å². The van der Waals surface area contributed by atoms with Crippen molar-refractivity contribution in [2.24, 2.45) is 0 Å². The lowest BCUT2D eigenvalue weighted by molar-refractivity contribution is -0.00282. The second kappa shape index (κ2) is 7.55. The van der Waals surface area contributed by atoms with Gasteiger partial charge in [0, 0.05) is 32.3 Å². The number of nitrogens with zero attached hydrogens (tertiary/aromatic N) is 2. The Morgan fingerprint density at radius 2 is 1.86 bits per heavy atom. The van der Waals surface area contributed by atoms with Crippen molar-refractivity contribution >= 4 is 0 Å². The smallest absolute Gasteiger partial charge is 0.0972 e. The minimum Gasteiger partial charge on any atom is -0.389 e. The van der Waals surface area contributed by atoms with Crippen LogP contribution in [-0.4, -0.2) is 65.9 Å². The van der Waals surface area contributed by atoms with Crippen molar-refractivity contribution in [1.82, 2.24) is 9.80 Å².